The van der Waals surface area contributed by atoms with Crippen LogP contribution in [-0.4, -0.2) is 22.7 Å². The molecule has 18 heavy (non-hydrogen) atoms. The van der Waals surface area contributed by atoms with Crippen LogP contribution in [-0.2, 0) is 4.79 Å². The Morgan fingerprint density at radius 3 is 2.72 bits per heavy atom. The number of carbonyl (C=O) groups is 1. The smallest absolute Gasteiger partial charge is 0.307 e. The van der Waals surface area contributed by atoms with Gasteiger partial charge in [-0.1, -0.05) is 11.6 Å². The Morgan fingerprint density at radius 2 is 2.17 bits per heavy atom. The molecular weight excluding hydrogens is 254 g/mol. The molecule has 0 saturated carbocycles. The van der Waals surface area contributed by atoms with Gasteiger partial charge >= 0.3 is 5.97 Å². The van der Waals surface area contributed by atoms with E-state index in [1.165, 1.54) is 0 Å². The van der Waals surface area contributed by atoms with Crippen molar-refractivity contribution in [2.45, 2.75) is 26.3 Å². The van der Waals surface area contributed by atoms with Crippen LogP contribution in [0.1, 0.15) is 29.2 Å². The molecule has 1 saturated heterocycles. The fraction of sp³-hybridized carbons (Fsp3) is 0.462. The maximum atomic E-state index is 11.0. The zero-order valence-electron chi connectivity index (χ0n) is 10.3. The van der Waals surface area contributed by atoms with Gasteiger partial charge in [0.25, 0.3) is 0 Å². The van der Waals surface area contributed by atoms with Crippen LogP contribution >= 0.6 is 11.6 Å². The predicted molar refractivity (Wildman–Crippen MR) is 69.1 cm³/mol. The second-order valence-corrected chi connectivity index (χ2v) is 5.20. The van der Waals surface area contributed by atoms with E-state index in [1.54, 1.807) is 13.0 Å². The maximum absolute atomic E-state index is 11.0. The topological polar surface area (TPSA) is 69.6 Å². The highest BCUT2D eigenvalue weighted by atomic mass is 35.5. The number of benzene rings is 1. The Hall–Kier alpha value is -1.26. The molecule has 3 N–H and O–H groups in total. The number of phenols is 1. The third kappa shape index (κ3) is 2.18. The molecule has 1 aliphatic rings. The number of hydrogen-bond donors (Lipinski definition) is 3. The first-order valence-corrected chi connectivity index (χ1v) is 6.24. The van der Waals surface area contributed by atoms with Crippen LogP contribution in [0.15, 0.2) is 6.07 Å². The molecule has 0 aliphatic carbocycles. The largest absolute Gasteiger partial charge is 0.507 e. The number of halogens is 1. The van der Waals surface area contributed by atoms with Crippen molar-refractivity contribution in [2.24, 2.45) is 5.92 Å². The lowest BCUT2D eigenvalue weighted by Crippen LogP contribution is -2.17. The van der Waals surface area contributed by atoms with Crippen molar-refractivity contribution >= 4 is 17.6 Å². The second-order valence-electron chi connectivity index (χ2n) is 4.79. The molecule has 1 aromatic carbocycles. The van der Waals surface area contributed by atoms with Crippen molar-refractivity contribution in [1.29, 1.82) is 0 Å². The maximum Gasteiger partial charge on any atom is 0.307 e. The van der Waals surface area contributed by atoms with Gasteiger partial charge in [0.2, 0.25) is 0 Å². The minimum absolute atomic E-state index is 0.150. The molecule has 2 atom stereocenters. The van der Waals surface area contributed by atoms with E-state index in [0.717, 1.165) is 11.1 Å². The van der Waals surface area contributed by atoms with E-state index in [-0.39, 0.29) is 11.8 Å². The molecule has 5 heteroatoms. The summed E-state index contributed by atoms with van der Waals surface area (Å²) >= 11 is 6.11. The molecule has 0 amide bonds. The summed E-state index contributed by atoms with van der Waals surface area (Å²) in [6.07, 6.45) is 0.476. The van der Waals surface area contributed by atoms with Crippen molar-refractivity contribution in [2.75, 3.05) is 6.54 Å². The number of aromatic hydroxyl groups is 1. The lowest BCUT2D eigenvalue weighted by Gasteiger charge is -2.18. The number of rotatable bonds is 2. The quantitative estimate of drug-likeness (QED) is 0.771. The van der Waals surface area contributed by atoms with E-state index in [1.807, 2.05) is 6.92 Å². The van der Waals surface area contributed by atoms with Gasteiger partial charge < -0.3 is 15.5 Å². The van der Waals surface area contributed by atoms with Gasteiger partial charge in [-0.3, -0.25) is 4.79 Å². The lowest BCUT2D eigenvalue weighted by molar-refractivity contribution is -0.141. The third-order valence-corrected chi connectivity index (χ3v) is 3.96. The fourth-order valence-corrected chi connectivity index (χ4v) is 2.72. The summed E-state index contributed by atoms with van der Waals surface area (Å²) in [4.78, 5) is 11.0. The lowest BCUT2D eigenvalue weighted by atomic mass is 9.94. The van der Waals surface area contributed by atoms with E-state index in [4.69, 9.17) is 16.7 Å². The summed E-state index contributed by atoms with van der Waals surface area (Å²) < 4.78 is 0. The van der Waals surface area contributed by atoms with E-state index < -0.39 is 11.9 Å². The van der Waals surface area contributed by atoms with Gasteiger partial charge in [-0.25, -0.2) is 0 Å². The standard InChI is InChI=1S/C13H16ClNO3/c1-6-3-9(14)7(2)11(12(6)16)10-4-8(5-15-10)13(17)18/h3,8,10,15-16H,4-5H2,1-2H3,(H,17,18). The van der Waals surface area contributed by atoms with Crippen molar-refractivity contribution in [3.63, 3.8) is 0 Å². The van der Waals surface area contributed by atoms with Crippen LogP contribution in [0.2, 0.25) is 5.02 Å². The molecule has 98 valence electrons. The number of aryl methyl sites for hydroxylation is 1. The molecule has 4 nitrogen and oxygen atoms in total. The van der Waals surface area contributed by atoms with Crippen LogP contribution in [0.4, 0.5) is 0 Å². The van der Waals surface area contributed by atoms with Gasteiger partial charge in [0.15, 0.2) is 0 Å². The average molecular weight is 270 g/mol. The predicted octanol–water partition coefficient (Wildman–Crippen LogP) is 2.40. The van der Waals surface area contributed by atoms with Gasteiger partial charge in [-0.2, -0.15) is 0 Å². The van der Waals surface area contributed by atoms with Gasteiger partial charge in [-0.15, -0.1) is 0 Å². The Balaban J connectivity index is 2.38. The number of aliphatic carboxylic acids is 1. The third-order valence-electron chi connectivity index (χ3n) is 3.56. The summed E-state index contributed by atoms with van der Waals surface area (Å²) in [5, 5.41) is 22.9. The number of nitrogens with one attached hydrogen (secondary N) is 1. The van der Waals surface area contributed by atoms with Crippen molar-refractivity contribution in [3.05, 3.63) is 27.8 Å². The molecule has 2 unspecified atom stereocenters. The molecule has 0 spiro atoms. The minimum Gasteiger partial charge on any atom is -0.507 e. The SMILES string of the molecule is Cc1cc(Cl)c(C)c(C2CC(C(=O)O)CN2)c1O. The highest BCUT2D eigenvalue weighted by Gasteiger charge is 2.33. The number of carboxylic acid groups (broad SMARTS) is 1. The molecule has 1 aliphatic heterocycles. The molecule has 0 bridgehead atoms. The second kappa shape index (κ2) is 4.78. The zero-order chi connectivity index (χ0) is 13.4. The van der Waals surface area contributed by atoms with Crippen LogP contribution in [0, 0.1) is 19.8 Å². The Bertz CT molecular complexity index is 475. The molecule has 1 fully saturated rings. The Kier molecular flexibility index (Phi) is 3.50. The number of hydrogen-bond acceptors (Lipinski definition) is 3. The van der Waals surface area contributed by atoms with Crippen LogP contribution in [0.25, 0.3) is 0 Å². The van der Waals surface area contributed by atoms with Gasteiger partial charge in [0.05, 0.1) is 5.92 Å². The van der Waals surface area contributed by atoms with Gasteiger partial charge in [0, 0.05) is 23.2 Å². The van der Waals surface area contributed by atoms with Crippen LogP contribution in [0.5, 0.6) is 5.75 Å². The van der Waals surface area contributed by atoms with Gasteiger partial charge in [-0.05, 0) is 37.5 Å². The number of phenolic OH excluding ortho intramolecular Hbond substituents is 1. The first-order valence-electron chi connectivity index (χ1n) is 5.86. The number of carboxylic acids is 1. The van der Waals surface area contributed by atoms with Crippen molar-refractivity contribution in [1.82, 2.24) is 5.32 Å². The van der Waals surface area contributed by atoms with E-state index in [0.29, 0.717) is 23.6 Å². The first kappa shape index (κ1) is 13.2. The van der Waals surface area contributed by atoms with Crippen molar-refractivity contribution < 1.29 is 15.0 Å². The highest BCUT2D eigenvalue weighted by Crippen LogP contribution is 2.39. The van der Waals surface area contributed by atoms with Crippen molar-refractivity contribution in [3.8, 4) is 5.75 Å². The van der Waals surface area contributed by atoms with E-state index >= 15 is 0 Å². The molecule has 1 aromatic rings. The fourth-order valence-electron chi connectivity index (χ4n) is 2.46. The molecule has 0 radical (unpaired) electrons. The summed E-state index contributed by atoms with van der Waals surface area (Å²) in [5.74, 6) is -1.01. The normalized spacial score (nSPS) is 23.3. The highest BCUT2D eigenvalue weighted by molar-refractivity contribution is 6.31. The van der Waals surface area contributed by atoms with Crippen LogP contribution in [0.3, 0.4) is 0 Å². The summed E-state index contributed by atoms with van der Waals surface area (Å²) in [5.41, 5.74) is 2.24. The van der Waals surface area contributed by atoms with E-state index in [9.17, 15) is 9.90 Å². The minimum atomic E-state index is -0.805. The average Bonchev–Trinajstić information content (AvgIpc) is 2.76. The molecule has 1 heterocycles. The van der Waals surface area contributed by atoms with Gasteiger partial charge in [0.1, 0.15) is 5.75 Å². The summed E-state index contributed by atoms with van der Waals surface area (Å²) in [6.45, 7) is 4.05. The molecule has 0 aromatic heterocycles. The summed E-state index contributed by atoms with van der Waals surface area (Å²) in [6, 6.07) is 1.57. The zero-order valence-corrected chi connectivity index (χ0v) is 11.1. The summed E-state index contributed by atoms with van der Waals surface area (Å²) in [7, 11) is 0. The first-order chi connectivity index (χ1) is 8.41. The van der Waals surface area contributed by atoms with E-state index in [2.05, 4.69) is 5.32 Å². The Labute approximate surface area is 111 Å². The van der Waals surface area contributed by atoms with Crippen LogP contribution < -0.4 is 5.32 Å². The molecular formula is C13H16ClNO3. The Morgan fingerprint density at radius 1 is 1.50 bits per heavy atom. The monoisotopic (exact) mass is 269 g/mol. The molecule has 2 rings (SSSR count).